The highest BCUT2D eigenvalue weighted by Crippen LogP contribution is 2.38. The third-order valence-corrected chi connectivity index (χ3v) is 10.6. The van der Waals surface area contributed by atoms with Crippen LogP contribution in [-0.4, -0.2) is 43.8 Å². The molecule has 0 fully saturated rings. The van der Waals surface area contributed by atoms with Crippen molar-refractivity contribution in [2.75, 3.05) is 10.8 Å². The number of anilines is 1. The van der Waals surface area contributed by atoms with Crippen LogP contribution < -0.4 is 9.62 Å². The van der Waals surface area contributed by atoms with Gasteiger partial charge < -0.3 is 10.2 Å². The molecule has 0 radical (unpaired) electrons. The molecule has 4 aromatic carbocycles. The lowest BCUT2D eigenvalue weighted by Gasteiger charge is -2.34. The van der Waals surface area contributed by atoms with Gasteiger partial charge in [-0.1, -0.05) is 94.6 Å². The molecule has 49 heavy (non-hydrogen) atoms. The van der Waals surface area contributed by atoms with Gasteiger partial charge in [-0.25, -0.2) is 8.42 Å². The van der Waals surface area contributed by atoms with Crippen LogP contribution in [-0.2, 0) is 38.8 Å². The lowest BCUT2D eigenvalue weighted by molar-refractivity contribution is -0.140. The molecule has 2 atom stereocenters. The van der Waals surface area contributed by atoms with E-state index in [-0.39, 0.29) is 23.9 Å². The summed E-state index contributed by atoms with van der Waals surface area (Å²) in [6.07, 6.45) is -4.20. The zero-order valence-corrected chi connectivity index (χ0v) is 30.2. The number of carbonyl (C=O) groups is 2. The van der Waals surface area contributed by atoms with E-state index in [4.69, 9.17) is 11.6 Å². The number of hydrogen-bond acceptors (Lipinski definition) is 4. The van der Waals surface area contributed by atoms with Crippen molar-refractivity contribution in [2.45, 2.75) is 63.3 Å². The number of nitrogens with one attached hydrogen (secondary N) is 1. The fourth-order valence-corrected chi connectivity index (χ4v) is 7.16. The van der Waals surface area contributed by atoms with E-state index in [1.807, 2.05) is 32.0 Å². The molecule has 260 valence electrons. The Morgan fingerprint density at radius 1 is 0.918 bits per heavy atom. The normalized spacial score (nSPS) is 13.0. The number of benzene rings is 4. The highest BCUT2D eigenvalue weighted by molar-refractivity contribution is 9.10. The van der Waals surface area contributed by atoms with Gasteiger partial charge in [-0.2, -0.15) is 13.2 Å². The lowest BCUT2D eigenvalue weighted by Crippen LogP contribution is -2.54. The minimum absolute atomic E-state index is 0.0900. The quantitative estimate of drug-likeness (QED) is 0.148. The first-order valence-electron chi connectivity index (χ1n) is 15.4. The van der Waals surface area contributed by atoms with Crippen LogP contribution in [0.1, 0.15) is 42.5 Å². The largest absolute Gasteiger partial charge is 0.417 e. The first-order chi connectivity index (χ1) is 23.1. The van der Waals surface area contributed by atoms with Crippen molar-refractivity contribution in [3.8, 4) is 0 Å². The monoisotopic (exact) mass is 777 g/mol. The van der Waals surface area contributed by atoms with Crippen LogP contribution in [0.15, 0.2) is 106 Å². The predicted octanol–water partition coefficient (Wildman–Crippen LogP) is 8.18. The van der Waals surface area contributed by atoms with Gasteiger partial charge in [-0.15, -0.1) is 0 Å². The highest BCUT2D eigenvalue weighted by Gasteiger charge is 2.38. The molecule has 0 aliphatic carbocycles. The molecule has 2 unspecified atom stereocenters. The van der Waals surface area contributed by atoms with Gasteiger partial charge in [-0.3, -0.25) is 13.9 Å². The Morgan fingerprint density at radius 3 is 2.18 bits per heavy atom. The molecule has 0 bridgehead atoms. The van der Waals surface area contributed by atoms with Crippen molar-refractivity contribution in [3.05, 3.63) is 129 Å². The Kier molecular flexibility index (Phi) is 12.6. The van der Waals surface area contributed by atoms with E-state index in [0.29, 0.717) is 26.8 Å². The summed E-state index contributed by atoms with van der Waals surface area (Å²) in [5.74, 6) is -1.26. The van der Waals surface area contributed by atoms with E-state index in [9.17, 15) is 31.2 Å². The van der Waals surface area contributed by atoms with Crippen LogP contribution in [0, 0.1) is 6.92 Å². The number of alkyl halides is 3. The number of sulfonamides is 1. The Labute approximate surface area is 298 Å². The second kappa shape index (κ2) is 16.2. The number of aryl methyl sites for hydroxylation is 1. The van der Waals surface area contributed by atoms with Crippen LogP contribution in [0.5, 0.6) is 0 Å². The summed E-state index contributed by atoms with van der Waals surface area (Å²) in [6.45, 7) is 4.47. The molecule has 0 aliphatic rings. The molecule has 13 heteroatoms. The number of rotatable bonds is 13. The SMILES string of the molecule is CCC(C)NC(=O)C(Cc1ccccc1)N(Cc1cccc(Br)c1)C(=O)CN(c1ccc(Cl)c(C(F)(F)F)c1)S(=O)(=O)c1ccc(C)cc1. The Balaban J connectivity index is 1.87. The van der Waals surface area contributed by atoms with Crippen LogP contribution in [0.2, 0.25) is 5.02 Å². The third-order valence-electron chi connectivity index (χ3n) is 7.95. The fourth-order valence-electron chi connectivity index (χ4n) is 5.08. The number of hydrogen-bond donors (Lipinski definition) is 1. The van der Waals surface area contributed by atoms with E-state index in [0.717, 1.165) is 23.3 Å². The number of nitrogens with zero attached hydrogens (tertiary/aromatic N) is 2. The summed E-state index contributed by atoms with van der Waals surface area (Å²) in [7, 11) is -4.61. The van der Waals surface area contributed by atoms with Gasteiger partial charge in [0, 0.05) is 23.5 Å². The smallest absolute Gasteiger partial charge is 0.352 e. The van der Waals surface area contributed by atoms with Gasteiger partial charge in [0.2, 0.25) is 11.8 Å². The van der Waals surface area contributed by atoms with Crippen molar-refractivity contribution in [3.63, 3.8) is 0 Å². The molecular formula is C36H36BrClF3N3O4S. The van der Waals surface area contributed by atoms with Crippen molar-refractivity contribution in [2.24, 2.45) is 0 Å². The molecule has 4 aromatic rings. The van der Waals surface area contributed by atoms with Gasteiger partial charge >= 0.3 is 6.18 Å². The summed E-state index contributed by atoms with van der Waals surface area (Å²) >= 11 is 9.32. The van der Waals surface area contributed by atoms with E-state index < -0.39 is 56.9 Å². The topological polar surface area (TPSA) is 86.8 Å². The maximum atomic E-state index is 14.6. The second-order valence-electron chi connectivity index (χ2n) is 11.7. The summed E-state index contributed by atoms with van der Waals surface area (Å²) in [6, 6.07) is 23.2. The van der Waals surface area contributed by atoms with Gasteiger partial charge in [0.25, 0.3) is 10.0 Å². The van der Waals surface area contributed by atoms with Gasteiger partial charge in [0.05, 0.1) is 21.2 Å². The maximum Gasteiger partial charge on any atom is 0.417 e. The Bertz CT molecular complexity index is 1880. The maximum absolute atomic E-state index is 14.6. The van der Waals surface area contributed by atoms with Gasteiger partial charge in [-0.05, 0) is 73.9 Å². The fraction of sp³-hybridized carbons (Fsp3) is 0.278. The lowest BCUT2D eigenvalue weighted by atomic mass is 10.0. The molecular weight excluding hydrogens is 743 g/mol. The Hall–Kier alpha value is -3.87. The summed E-state index contributed by atoms with van der Waals surface area (Å²) < 4.78 is 71.7. The number of amides is 2. The van der Waals surface area contributed by atoms with E-state index in [1.165, 1.54) is 17.0 Å². The molecule has 0 spiro atoms. The number of carbonyl (C=O) groups excluding carboxylic acids is 2. The molecule has 0 saturated carbocycles. The average molecular weight is 779 g/mol. The first-order valence-corrected chi connectivity index (χ1v) is 18.1. The molecule has 7 nitrogen and oxygen atoms in total. The molecule has 1 N–H and O–H groups in total. The van der Waals surface area contributed by atoms with Crippen molar-refractivity contribution >= 4 is 55.1 Å². The van der Waals surface area contributed by atoms with Crippen molar-refractivity contribution in [1.82, 2.24) is 10.2 Å². The summed E-state index contributed by atoms with van der Waals surface area (Å²) in [4.78, 5) is 29.6. The molecule has 0 saturated heterocycles. The first kappa shape index (κ1) is 37.9. The van der Waals surface area contributed by atoms with Gasteiger partial charge in [0.1, 0.15) is 12.6 Å². The highest BCUT2D eigenvalue weighted by atomic mass is 79.9. The molecule has 4 rings (SSSR count). The summed E-state index contributed by atoms with van der Waals surface area (Å²) in [5, 5.41) is 2.32. The molecule has 2 amide bonds. The van der Waals surface area contributed by atoms with E-state index in [2.05, 4.69) is 21.2 Å². The minimum atomic E-state index is -4.90. The third kappa shape index (κ3) is 9.86. The molecule has 0 aliphatic heterocycles. The predicted molar refractivity (Wildman–Crippen MR) is 189 cm³/mol. The number of halogens is 5. The minimum Gasteiger partial charge on any atom is -0.352 e. The average Bonchev–Trinajstić information content (AvgIpc) is 3.05. The Morgan fingerprint density at radius 2 is 1.57 bits per heavy atom. The van der Waals surface area contributed by atoms with Crippen LogP contribution in [0.25, 0.3) is 0 Å². The molecule has 0 heterocycles. The van der Waals surface area contributed by atoms with Crippen LogP contribution in [0.3, 0.4) is 0 Å². The van der Waals surface area contributed by atoms with E-state index in [1.54, 1.807) is 55.5 Å². The van der Waals surface area contributed by atoms with E-state index >= 15 is 0 Å². The zero-order valence-electron chi connectivity index (χ0n) is 27.0. The zero-order chi connectivity index (χ0) is 35.9. The summed E-state index contributed by atoms with van der Waals surface area (Å²) in [5.41, 5.74) is 0.455. The van der Waals surface area contributed by atoms with Crippen molar-refractivity contribution in [1.29, 1.82) is 0 Å². The molecule has 0 aromatic heterocycles. The van der Waals surface area contributed by atoms with Crippen LogP contribution >= 0.6 is 27.5 Å². The second-order valence-corrected chi connectivity index (χ2v) is 14.8. The standard InChI is InChI=1S/C36H36BrClF3N3O4S/c1-4-25(3)42-35(46)33(20-26-9-6-5-7-10-26)43(22-27-11-8-12-28(37)19-27)34(45)23-44(49(47,48)30-16-13-24(2)14-17-30)29-15-18-32(38)31(21-29)36(39,40)41/h5-19,21,25,33H,4,20,22-23H2,1-3H3,(H,42,46). The van der Waals surface area contributed by atoms with Crippen molar-refractivity contribution < 1.29 is 31.2 Å². The van der Waals surface area contributed by atoms with Gasteiger partial charge in [0.15, 0.2) is 0 Å². The van der Waals surface area contributed by atoms with Crippen LogP contribution in [0.4, 0.5) is 18.9 Å².